The molecule has 0 aromatic rings. The van der Waals surface area contributed by atoms with Crippen LogP contribution in [0.15, 0.2) is 0 Å². The summed E-state index contributed by atoms with van der Waals surface area (Å²) in [6.45, 7) is 0.436. The molecule has 1 heterocycles. The summed E-state index contributed by atoms with van der Waals surface area (Å²) in [7, 11) is 0. The Hall–Kier alpha value is -1.24. The molecular formula is C9H13NO5S. The second kappa shape index (κ2) is 6.37. The fraction of sp³-hybridized carbons (Fsp3) is 0.667. The Balaban J connectivity index is 2.24. The van der Waals surface area contributed by atoms with Crippen LogP contribution >= 0.6 is 11.8 Å². The zero-order chi connectivity index (χ0) is 12.0. The van der Waals surface area contributed by atoms with Gasteiger partial charge in [0.15, 0.2) is 0 Å². The zero-order valence-electron chi connectivity index (χ0n) is 8.55. The van der Waals surface area contributed by atoms with Crippen molar-refractivity contribution in [3.8, 4) is 0 Å². The van der Waals surface area contributed by atoms with Crippen molar-refractivity contribution in [2.24, 2.45) is 0 Å². The van der Waals surface area contributed by atoms with Gasteiger partial charge in [-0.15, -0.1) is 11.8 Å². The third-order valence-corrected chi connectivity index (χ3v) is 3.48. The van der Waals surface area contributed by atoms with Gasteiger partial charge in [0.1, 0.15) is 11.3 Å². The molecule has 2 unspecified atom stereocenters. The molecule has 0 radical (unpaired) electrons. The molecular weight excluding hydrogens is 234 g/mol. The molecule has 0 aliphatic carbocycles. The first-order valence-corrected chi connectivity index (χ1v) is 5.90. The summed E-state index contributed by atoms with van der Waals surface area (Å²) in [4.78, 5) is 31.9. The Morgan fingerprint density at radius 1 is 1.75 bits per heavy atom. The summed E-state index contributed by atoms with van der Waals surface area (Å²) in [6.07, 6.45) is 1.33. The molecule has 1 saturated heterocycles. The van der Waals surface area contributed by atoms with Crippen molar-refractivity contribution in [1.29, 1.82) is 0 Å². The summed E-state index contributed by atoms with van der Waals surface area (Å²) in [5.74, 6) is -0.806. The van der Waals surface area contributed by atoms with E-state index in [9.17, 15) is 14.4 Å². The standard InChI is InChI=1S/C9H13NO5S/c11-5-10-6(8(12)13)2-4-16-7-1-3-15-9(7)14/h5-7H,1-4H2,(H,10,11)(H,12,13). The topological polar surface area (TPSA) is 92.7 Å². The van der Waals surface area contributed by atoms with Crippen molar-refractivity contribution >= 4 is 30.1 Å². The van der Waals surface area contributed by atoms with E-state index >= 15 is 0 Å². The first-order valence-electron chi connectivity index (χ1n) is 4.86. The van der Waals surface area contributed by atoms with Gasteiger partial charge in [0.05, 0.1) is 6.61 Å². The van der Waals surface area contributed by atoms with Crippen LogP contribution in [-0.4, -0.2) is 47.1 Å². The maximum Gasteiger partial charge on any atom is 0.326 e. The van der Waals surface area contributed by atoms with Gasteiger partial charge >= 0.3 is 11.9 Å². The van der Waals surface area contributed by atoms with Crippen LogP contribution < -0.4 is 5.32 Å². The Labute approximate surface area is 96.7 Å². The number of carboxylic acids is 1. The lowest BCUT2D eigenvalue weighted by molar-refractivity contribution is -0.140. The molecule has 1 aliphatic rings. The van der Waals surface area contributed by atoms with Crippen LogP contribution in [-0.2, 0) is 19.1 Å². The first kappa shape index (κ1) is 12.8. The first-order chi connectivity index (χ1) is 7.65. The maximum atomic E-state index is 11.1. The van der Waals surface area contributed by atoms with Gasteiger partial charge in [-0.1, -0.05) is 0 Å². The molecule has 0 saturated carbocycles. The van der Waals surface area contributed by atoms with Gasteiger partial charge in [-0.2, -0.15) is 0 Å². The normalized spacial score (nSPS) is 21.2. The van der Waals surface area contributed by atoms with E-state index in [-0.39, 0.29) is 11.2 Å². The maximum absolute atomic E-state index is 11.1. The lowest BCUT2D eigenvalue weighted by Crippen LogP contribution is -2.36. The van der Waals surface area contributed by atoms with Crippen LogP contribution in [0, 0.1) is 0 Å². The van der Waals surface area contributed by atoms with Gasteiger partial charge in [-0.3, -0.25) is 9.59 Å². The minimum absolute atomic E-state index is 0.189. The minimum Gasteiger partial charge on any atom is -0.480 e. The van der Waals surface area contributed by atoms with Gasteiger partial charge in [0.2, 0.25) is 6.41 Å². The van der Waals surface area contributed by atoms with Crippen molar-refractivity contribution in [3.63, 3.8) is 0 Å². The lowest BCUT2D eigenvalue weighted by atomic mass is 10.2. The highest BCUT2D eigenvalue weighted by Crippen LogP contribution is 2.22. The second-order valence-corrected chi connectivity index (χ2v) is 4.59. The third kappa shape index (κ3) is 3.73. The number of amides is 1. The fourth-order valence-corrected chi connectivity index (χ4v) is 2.44. The summed E-state index contributed by atoms with van der Waals surface area (Å²) >= 11 is 1.37. The molecule has 90 valence electrons. The van der Waals surface area contributed by atoms with Crippen LogP contribution in [0.4, 0.5) is 0 Å². The predicted octanol–water partition coefficient (Wildman–Crippen LogP) is -0.376. The van der Waals surface area contributed by atoms with E-state index in [2.05, 4.69) is 5.32 Å². The predicted molar refractivity (Wildman–Crippen MR) is 57.1 cm³/mol. The molecule has 2 atom stereocenters. The quantitative estimate of drug-likeness (QED) is 0.471. The molecule has 7 heteroatoms. The van der Waals surface area contributed by atoms with Gasteiger partial charge in [-0.25, -0.2) is 4.79 Å². The number of hydrogen-bond donors (Lipinski definition) is 2. The number of carbonyl (C=O) groups excluding carboxylic acids is 2. The molecule has 16 heavy (non-hydrogen) atoms. The van der Waals surface area contributed by atoms with Crippen LogP contribution in [0.2, 0.25) is 0 Å². The molecule has 0 bridgehead atoms. The highest BCUT2D eigenvalue weighted by molar-refractivity contribution is 8.00. The smallest absolute Gasteiger partial charge is 0.326 e. The molecule has 1 rings (SSSR count). The van der Waals surface area contributed by atoms with E-state index in [1.165, 1.54) is 11.8 Å². The highest BCUT2D eigenvalue weighted by atomic mass is 32.2. The molecule has 1 amide bonds. The minimum atomic E-state index is -1.07. The number of hydrogen-bond acceptors (Lipinski definition) is 5. The fourth-order valence-electron chi connectivity index (χ4n) is 1.32. The molecule has 0 spiro atoms. The number of carbonyl (C=O) groups is 3. The Morgan fingerprint density at radius 3 is 3.00 bits per heavy atom. The second-order valence-electron chi connectivity index (χ2n) is 3.28. The van der Waals surface area contributed by atoms with E-state index in [0.29, 0.717) is 31.6 Å². The third-order valence-electron chi connectivity index (χ3n) is 2.18. The molecule has 0 aromatic heterocycles. The van der Waals surface area contributed by atoms with Gasteiger partial charge in [0, 0.05) is 6.42 Å². The summed E-state index contributed by atoms with van der Waals surface area (Å²) in [5, 5.41) is 10.7. The van der Waals surface area contributed by atoms with Crippen LogP contribution in [0.3, 0.4) is 0 Å². The van der Waals surface area contributed by atoms with E-state index in [0.717, 1.165) is 0 Å². The van der Waals surface area contributed by atoms with Crippen LogP contribution in [0.5, 0.6) is 0 Å². The Morgan fingerprint density at radius 2 is 2.50 bits per heavy atom. The summed E-state index contributed by atoms with van der Waals surface area (Å²) < 4.78 is 4.77. The number of aliphatic carboxylic acids is 1. The van der Waals surface area contributed by atoms with Crippen LogP contribution in [0.1, 0.15) is 12.8 Å². The number of nitrogens with one attached hydrogen (secondary N) is 1. The number of cyclic esters (lactones) is 1. The number of thioether (sulfide) groups is 1. The summed E-state index contributed by atoms with van der Waals surface area (Å²) in [6, 6.07) is -0.887. The van der Waals surface area contributed by atoms with Crippen molar-refractivity contribution in [2.75, 3.05) is 12.4 Å². The molecule has 1 aliphatic heterocycles. The molecule has 2 N–H and O–H groups in total. The van der Waals surface area contributed by atoms with E-state index in [1.54, 1.807) is 0 Å². The largest absolute Gasteiger partial charge is 0.480 e. The van der Waals surface area contributed by atoms with Crippen molar-refractivity contribution < 1.29 is 24.2 Å². The van der Waals surface area contributed by atoms with Crippen molar-refractivity contribution in [2.45, 2.75) is 24.1 Å². The number of ether oxygens (including phenoxy) is 1. The molecule has 0 aromatic carbocycles. The van der Waals surface area contributed by atoms with Gasteiger partial charge < -0.3 is 15.2 Å². The monoisotopic (exact) mass is 247 g/mol. The van der Waals surface area contributed by atoms with E-state index < -0.39 is 12.0 Å². The Kier molecular flexibility index (Phi) is 5.10. The van der Waals surface area contributed by atoms with Gasteiger partial charge in [-0.05, 0) is 12.2 Å². The molecule has 6 nitrogen and oxygen atoms in total. The Bertz CT molecular complexity index is 283. The van der Waals surface area contributed by atoms with E-state index in [4.69, 9.17) is 9.84 Å². The van der Waals surface area contributed by atoms with E-state index in [1.807, 2.05) is 0 Å². The van der Waals surface area contributed by atoms with Crippen LogP contribution in [0.25, 0.3) is 0 Å². The zero-order valence-corrected chi connectivity index (χ0v) is 9.37. The van der Waals surface area contributed by atoms with Crippen molar-refractivity contribution in [1.82, 2.24) is 5.32 Å². The molecule has 1 fully saturated rings. The number of carboxylic acid groups (broad SMARTS) is 1. The highest BCUT2D eigenvalue weighted by Gasteiger charge is 2.27. The average molecular weight is 247 g/mol. The summed E-state index contributed by atoms with van der Waals surface area (Å²) in [5.41, 5.74) is 0. The van der Waals surface area contributed by atoms with Gasteiger partial charge in [0.25, 0.3) is 0 Å². The number of rotatable bonds is 7. The van der Waals surface area contributed by atoms with Crippen molar-refractivity contribution in [3.05, 3.63) is 0 Å². The average Bonchev–Trinajstić information content (AvgIpc) is 2.63. The SMILES string of the molecule is O=CNC(CCSC1CCOC1=O)C(=O)O. The lowest BCUT2D eigenvalue weighted by Gasteiger charge is -2.11. The number of esters is 1.